The molecule has 2 atom stereocenters. The molecule has 0 saturated heterocycles. The lowest BCUT2D eigenvalue weighted by Gasteiger charge is -2.15. The van der Waals surface area contributed by atoms with E-state index in [1.165, 1.54) is 0 Å². The number of carbonyl (C=O) groups excluding carboxylic acids is 1. The van der Waals surface area contributed by atoms with Gasteiger partial charge in [-0.05, 0) is 24.8 Å². The zero-order chi connectivity index (χ0) is 21.7. The van der Waals surface area contributed by atoms with Gasteiger partial charge in [0.2, 0.25) is 5.91 Å². The topological polar surface area (TPSA) is 126 Å². The molecular weight excluding hydrogens is 380 g/mol. The van der Waals surface area contributed by atoms with Crippen LogP contribution in [0.15, 0.2) is 35.3 Å². The third-order valence-electron chi connectivity index (χ3n) is 5.44. The number of nitrogens with one attached hydrogen (secondary N) is 3. The number of nitrogen functional groups attached to an aromatic ring is 1. The zero-order valence-electron chi connectivity index (χ0n) is 17.6. The van der Waals surface area contributed by atoms with E-state index in [1.807, 2.05) is 19.1 Å². The molecule has 2 unspecified atom stereocenters. The monoisotopic (exact) mass is 410 g/mol. The molecule has 0 aliphatic carbocycles. The summed E-state index contributed by atoms with van der Waals surface area (Å²) in [7, 11) is 0. The second-order valence-electron chi connectivity index (χ2n) is 7.70. The van der Waals surface area contributed by atoms with Crippen molar-refractivity contribution in [2.75, 3.05) is 11.9 Å². The van der Waals surface area contributed by atoms with Gasteiger partial charge < -0.3 is 16.4 Å². The van der Waals surface area contributed by atoms with Crippen LogP contribution in [-0.4, -0.2) is 27.8 Å². The number of anilines is 1. The van der Waals surface area contributed by atoms with Gasteiger partial charge in [-0.3, -0.25) is 19.6 Å². The SMILES string of the molecule is CCCNc1cnc2n(c1=O)C(C(=O)NCc1ccc(C(=N)N)cc1)CC2CCC. The Hall–Kier alpha value is -3.16. The van der Waals surface area contributed by atoms with Crippen LogP contribution in [0, 0.1) is 5.41 Å². The number of hydrogen-bond acceptors (Lipinski definition) is 5. The van der Waals surface area contributed by atoms with E-state index >= 15 is 0 Å². The standard InChI is InChI=1S/C22H30N6O2/c1-3-5-16-11-18(28-20(16)26-13-17(22(28)30)25-10-4-2)21(29)27-12-14-6-8-15(9-7-14)19(23)24/h6-9,13,16,18,25H,3-5,10-12H2,1-2H3,(H3,23,24)(H,27,29). The summed E-state index contributed by atoms with van der Waals surface area (Å²) in [5.41, 5.74) is 7.28. The minimum absolute atomic E-state index is 0.00877. The molecule has 1 aliphatic rings. The van der Waals surface area contributed by atoms with Crippen molar-refractivity contribution in [2.24, 2.45) is 5.73 Å². The van der Waals surface area contributed by atoms with Gasteiger partial charge in [0.25, 0.3) is 5.56 Å². The number of amidine groups is 1. The zero-order valence-corrected chi connectivity index (χ0v) is 17.6. The average molecular weight is 411 g/mol. The van der Waals surface area contributed by atoms with Crippen LogP contribution in [0.2, 0.25) is 0 Å². The fourth-order valence-corrected chi connectivity index (χ4v) is 3.88. The molecule has 30 heavy (non-hydrogen) atoms. The molecule has 1 amide bonds. The Bertz CT molecular complexity index is 967. The number of amides is 1. The molecule has 1 aromatic carbocycles. The molecule has 2 heterocycles. The largest absolute Gasteiger partial charge is 0.384 e. The average Bonchev–Trinajstić information content (AvgIpc) is 3.11. The molecule has 5 N–H and O–H groups in total. The second kappa shape index (κ2) is 9.56. The first-order valence-corrected chi connectivity index (χ1v) is 10.5. The van der Waals surface area contributed by atoms with Crippen molar-refractivity contribution >= 4 is 17.4 Å². The summed E-state index contributed by atoms with van der Waals surface area (Å²) >= 11 is 0. The molecule has 8 heteroatoms. The molecule has 160 valence electrons. The number of fused-ring (bicyclic) bond motifs is 1. The molecule has 0 radical (unpaired) electrons. The maximum absolute atomic E-state index is 13.1. The molecule has 2 aromatic rings. The second-order valence-corrected chi connectivity index (χ2v) is 7.70. The number of aromatic nitrogens is 2. The van der Waals surface area contributed by atoms with Crippen molar-refractivity contribution < 1.29 is 4.79 Å². The van der Waals surface area contributed by atoms with Gasteiger partial charge >= 0.3 is 0 Å². The number of nitrogens with two attached hydrogens (primary N) is 1. The summed E-state index contributed by atoms with van der Waals surface area (Å²) in [6, 6.07) is 6.62. The number of benzene rings is 1. The van der Waals surface area contributed by atoms with Crippen LogP contribution in [0.5, 0.6) is 0 Å². The summed E-state index contributed by atoms with van der Waals surface area (Å²) in [4.78, 5) is 30.6. The third kappa shape index (κ3) is 4.53. The first kappa shape index (κ1) is 21.5. The van der Waals surface area contributed by atoms with Crippen LogP contribution >= 0.6 is 0 Å². The summed E-state index contributed by atoms with van der Waals surface area (Å²) in [6.07, 6.45) is 4.94. The van der Waals surface area contributed by atoms with Crippen molar-refractivity contribution in [3.05, 3.63) is 57.8 Å². The lowest BCUT2D eigenvalue weighted by molar-refractivity contribution is -0.124. The minimum atomic E-state index is -0.559. The van der Waals surface area contributed by atoms with E-state index in [9.17, 15) is 9.59 Å². The number of carbonyl (C=O) groups is 1. The van der Waals surface area contributed by atoms with Gasteiger partial charge in [0.15, 0.2) is 0 Å². The van der Waals surface area contributed by atoms with Gasteiger partial charge in [0, 0.05) is 24.6 Å². The molecule has 8 nitrogen and oxygen atoms in total. The number of nitrogens with zero attached hydrogens (tertiary/aromatic N) is 2. The lowest BCUT2D eigenvalue weighted by atomic mass is 9.98. The molecule has 0 saturated carbocycles. The van der Waals surface area contributed by atoms with Crippen LogP contribution in [-0.2, 0) is 11.3 Å². The molecular formula is C22H30N6O2. The molecule has 1 aliphatic heterocycles. The highest BCUT2D eigenvalue weighted by molar-refractivity contribution is 5.94. The fraction of sp³-hybridized carbons (Fsp3) is 0.455. The maximum Gasteiger partial charge on any atom is 0.277 e. The highest BCUT2D eigenvalue weighted by atomic mass is 16.2. The van der Waals surface area contributed by atoms with Gasteiger partial charge in [-0.2, -0.15) is 0 Å². The minimum Gasteiger partial charge on any atom is -0.384 e. The van der Waals surface area contributed by atoms with Crippen molar-refractivity contribution in [3.63, 3.8) is 0 Å². The Balaban J connectivity index is 1.79. The predicted octanol–water partition coefficient (Wildman–Crippen LogP) is 2.49. The molecule has 3 rings (SSSR count). The fourth-order valence-electron chi connectivity index (χ4n) is 3.88. The van der Waals surface area contributed by atoms with E-state index in [4.69, 9.17) is 11.1 Å². The number of hydrogen-bond donors (Lipinski definition) is 4. The van der Waals surface area contributed by atoms with Crippen LogP contribution in [0.25, 0.3) is 0 Å². The molecule has 1 aromatic heterocycles. The highest BCUT2D eigenvalue weighted by Gasteiger charge is 2.37. The first-order valence-electron chi connectivity index (χ1n) is 10.5. The smallest absolute Gasteiger partial charge is 0.277 e. The normalized spacial score (nSPS) is 17.4. The maximum atomic E-state index is 13.1. The van der Waals surface area contributed by atoms with Crippen molar-refractivity contribution in [1.29, 1.82) is 5.41 Å². The number of rotatable bonds is 9. The highest BCUT2D eigenvalue weighted by Crippen LogP contribution is 2.36. The van der Waals surface area contributed by atoms with Gasteiger partial charge in [0.05, 0.1) is 6.20 Å². The van der Waals surface area contributed by atoms with E-state index in [0.29, 0.717) is 36.6 Å². The summed E-state index contributed by atoms with van der Waals surface area (Å²) in [5.74, 6) is 0.639. The van der Waals surface area contributed by atoms with E-state index < -0.39 is 6.04 Å². The molecule has 0 bridgehead atoms. The van der Waals surface area contributed by atoms with Crippen LogP contribution < -0.4 is 21.9 Å². The van der Waals surface area contributed by atoms with Gasteiger partial charge in [-0.25, -0.2) is 4.98 Å². The van der Waals surface area contributed by atoms with Crippen LogP contribution in [0.1, 0.15) is 68.4 Å². The van der Waals surface area contributed by atoms with Crippen LogP contribution in [0.4, 0.5) is 5.69 Å². The Morgan fingerprint density at radius 1 is 1.27 bits per heavy atom. The van der Waals surface area contributed by atoms with Gasteiger partial charge in [0.1, 0.15) is 23.4 Å². The van der Waals surface area contributed by atoms with Gasteiger partial charge in [-0.1, -0.05) is 44.5 Å². The van der Waals surface area contributed by atoms with Gasteiger partial charge in [-0.15, -0.1) is 0 Å². The van der Waals surface area contributed by atoms with Crippen molar-refractivity contribution in [3.8, 4) is 0 Å². The molecule has 0 fully saturated rings. The van der Waals surface area contributed by atoms with E-state index in [2.05, 4.69) is 22.5 Å². The lowest BCUT2D eigenvalue weighted by Crippen LogP contribution is -2.36. The Morgan fingerprint density at radius 3 is 2.63 bits per heavy atom. The van der Waals surface area contributed by atoms with E-state index in [0.717, 1.165) is 24.8 Å². The van der Waals surface area contributed by atoms with Crippen molar-refractivity contribution in [2.45, 2.75) is 58.0 Å². The van der Waals surface area contributed by atoms with Crippen LogP contribution in [0.3, 0.4) is 0 Å². The Labute approximate surface area is 176 Å². The third-order valence-corrected chi connectivity index (χ3v) is 5.44. The quantitative estimate of drug-likeness (QED) is 0.373. The Morgan fingerprint density at radius 2 is 2.00 bits per heavy atom. The predicted molar refractivity (Wildman–Crippen MR) is 118 cm³/mol. The first-order chi connectivity index (χ1) is 14.5. The Kier molecular flexibility index (Phi) is 6.87. The summed E-state index contributed by atoms with van der Waals surface area (Å²) in [6.45, 7) is 5.15. The van der Waals surface area contributed by atoms with E-state index in [-0.39, 0.29) is 23.2 Å². The molecule has 0 spiro atoms. The summed E-state index contributed by atoms with van der Waals surface area (Å²) < 4.78 is 1.58. The van der Waals surface area contributed by atoms with E-state index in [1.54, 1.807) is 22.9 Å². The summed E-state index contributed by atoms with van der Waals surface area (Å²) in [5, 5.41) is 13.5. The van der Waals surface area contributed by atoms with Crippen molar-refractivity contribution in [1.82, 2.24) is 14.9 Å².